The normalized spacial score (nSPS) is 16.0. The summed E-state index contributed by atoms with van der Waals surface area (Å²) in [5.74, 6) is 0.0329. The van der Waals surface area contributed by atoms with Crippen LogP contribution >= 0.6 is 15.9 Å². The summed E-state index contributed by atoms with van der Waals surface area (Å²) < 4.78 is 26.2. The van der Waals surface area contributed by atoms with Gasteiger partial charge in [-0.05, 0) is 42.7 Å². The average Bonchev–Trinajstić information content (AvgIpc) is 2.62. The van der Waals surface area contributed by atoms with Gasteiger partial charge in [-0.2, -0.15) is 0 Å². The minimum atomic E-state index is -3.20. The number of rotatable bonds is 4. The Bertz CT molecular complexity index is 827. The molecule has 2 aromatic carbocycles. The monoisotopic (exact) mass is 421 g/mol. The topological polar surface area (TPSA) is 54.5 Å². The lowest BCUT2D eigenvalue weighted by Gasteiger charge is -2.31. The van der Waals surface area contributed by atoms with E-state index in [1.807, 2.05) is 42.5 Å². The third-order valence-corrected chi connectivity index (χ3v) is 7.29. The molecule has 0 unspecified atom stereocenters. The van der Waals surface area contributed by atoms with Gasteiger partial charge >= 0.3 is 0 Å². The van der Waals surface area contributed by atoms with Gasteiger partial charge in [-0.15, -0.1) is 0 Å². The molecule has 0 atom stereocenters. The first-order valence-corrected chi connectivity index (χ1v) is 10.8. The molecule has 1 fully saturated rings. The summed E-state index contributed by atoms with van der Waals surface area (Å²) in [6.45, 7) is 0.959. The van der Waals surface area contributed by atoms with Gasteiger partial charge in [0.05, 0.1) is 11.0 Å². The van der Waals surface area contributed by atoms with E-state index in [-0.39, 0.29) is 16.9 Å². The zero-order valence-corrected chi connectivity index (χ0v) is 16.2. The molecule has 0 radical (unpaired) electrons. The van der Waals surface area contributed by atoms with E-state index in [4.69, 9.17) is 0 Å². The van der Waals surface area contributed by atoms with Crippen LogP contribution in [-0.4, -0.2) is 37.6 Å². The van der Waals surface area contributed by atoms with E-state index in [2.05, 4.69) is 15.9 Å². The van der Waals surface area contributed by atoms with Crippen LogP contribution in [0.15, 0.2) is 59.1 Å². The first kappa shape index (κ1) is 18.1. The molecular formula is C19H20BrNO3S. The summed E-state index contributed by atoms with van der Waals surface area (Å²) in [4.78, 5) is 14.3. The van der Waals surface area contributed by atoms with Gasteiger partial charge in [-0.1, -0.05) is 46.3 Å². The van der Waals surface area contributed by atoms with Crippen molar-refractivity contribution in [2.24, 2.45) is 0 Å². The lowest BCUT2D eigenvalue weighted by Crippen LogP contribution is -2.42. The van der Waals surface area contributed by atoms with Crippen LogP contribution in [0.2, 0.25) is 0 Å². The van der Waals surface area contributed by atoms with Crippen LogP contribution in [0.3, 0.4) is 0 Å². The Morgan fingerprint density at radius 3 is 2.20 bits per heavy atom. The van der Waals surface area contributed by atoms with Gasteiger partial charge in [0.25, 0.3) is 5.91 Å². The highest BCUT2D eigenvalue weighted by atomic mass is 79.9. The molecule has 25 heavy (non-hydrogen) atoms. The van der Waals surface area contributed by atoms with E-state index in [1.165, 1.54) is 0 Å². The predicted octanol–water partition coefficient (Wildman–Crippen LogP) is 3.67. The fourth-order valence-corrected chi connectivity index (χ4v) is 5.20. The number of carbonyl (C=O) groups excluding carboxylic acids is 1. The number of likely N-dealkylation sites (tertiary alicyclic amines) is 1. The quantitative estimate of drug-likeness (QED) is 0.756. The van der Waals surface area contributed by atoms with Crippen molar-refractivity contribution in [3.63, 3.8) is 0 Å². The molecule has 0 aliphatic carbocycles. The number of hydrogen-bond acceptors (Lipinski definition) is 3. The highest BCUT2D eigenvalue weighted by Gasteiger charge is 2.31. The molecule has 0 bridgehead atoms. The molecule has 0 saturated carbocycles. The Balaban J connectivity index is 1.61. The standard InChI is InChI=1S/C19H20BrNO3S/c20-17-8-6-16(7-9-17)19(22)21-12-10-18(11-13-21)25(23,24)14-15-4-2-1-3-5-15/h1-9,18H,10-14H2. The minimum absolute atomic E-state index is 0.0357. The van der Waals surface area contributed by atoms with Gasteiger partial charge in [0.15, 0.2) is 9.84 Å². The first-order chi connectivity index (χ1) is 12.0. The molecule has 2 aromatic rings. The molecule has 1 saturated heterocycles. The molecule has 1 aliphatic rings. The fraction of sp³-hybridized carbons (Fsp3) is 0.316. The van der Waals surface area contributed by atoms with E-state index in [0.717, 1.165) is 10.0 Å². The summed E-state index contributed by atoms with van der Waals surface area (Å²) >= 11 is 3.36. The van der Waals surface area contributed by atoms with Crippen molar-refractivity contribution < 1.29 is 13.2 Å². The van der Waals surface area contributed by atoms with E-state index < -0.39 is 9.84 Å². The van der Waals surface area contributed by atoms with Crippen molar-refractivity contribution in [2.75, 3.05) is 13.1 Å². The van der Waals surface area contributed by atoms with E-state index >= 15 is 0 Å². The van der Waals surface area contributed by atoms with Gasteiger partial charge in [0, 0.05) is 23.1 Å². The van der Waals surface area contributed by atoms with Gasteiger partial charge < -0.3 is 4.90 Å². The van der Waals surface area contributed by atoms with Crippen LogP contribution in [0.25, 0.3) is 0 Å². The Hall–Kier alpha value is -1.66. The smallest absolute Gasteiger partial charge is 0.253 e. The number of halogens is 1. The van der Waals surface area contributed by atoms with Gasteiger partial charge in [0.1, 0.15) is 0 Å². The second kappa shape index (κ2) is 7.70. The summed E-state index contributed by atoms with van der Waals surface area (Å²) in [6.07, 6.45) is 0.995. The van der Waals surface area contributed by atoms with Gasteiger partial charge in [-0.3, -0.25) is 4.79 Å². The van der Waals surface area contributed by atoms with E-state index in [1.54, 1.807) is 17.0 Å². The summed E-state index contributed by atoms with van der Waals surface area (Å²) in [5, 5.41) is -0.373. The van der Waals surface area contributed by atoms with Crippen LogP contribution in [0.5, 0.6) is 0 Å². The molecule has 4 nitrogen and oxygen atoms in total. The first-order valence-electron chi connectivity index (χ1n) is 8.26. The lowest BCUT2D eigenvalue weighted by atomic mass is 10.1. The van der Waals surface area contributed by atoms with E-state index in [0.29, 0.717) is 31.5 Å². The number of nitrogens with zero attached hydrogens (tertiary/aromatic N) is 1. The maximum absolute atomic E-state index is 12.6. The summed E-state index contributed by atoms with van der Waals surface area (Å²) in [6, 6.07) is 16.5. The molecule has 1 amide bonds. The predicted molar refractivity (Wildman–Crippen MR) is 102 cm³/mol. The highest BCUT2D eigenvalue weighted by Crippen LogP contribution is 2.23. The maximum Gasteiger partial charge on any atom is 0.253 e. The second-order valence-electron chi connectivity index (χ2n) is 6.29. The third-order valence-electron chi connectivity index (χ3n) is 4.54. The maximum atomic E-state index is 12.6. The zero-order chi connectivity index (χ0) is 17.9. The third kappa shape index (κ3) is 4.50. The van der Waals surface area contributed by atoms with Crippen molar-refractivity contribution in [2.45, 2.75) is 23.8 Å². The van der Waals surface area contributed by atoms with Crippen LogP contribution < -0.4 is 0 Å². The van der Waals surface area contributed by atoms with Crippen molar-refractivity contribution >= 4 is 31.7 Å². The van der Waals surface area contributed by atoms with Gasteiger partial charge in [0.2, 0.25) is 0 Å². The number of benzene rings is 2. The number of piperidine rings is 1. The average molecular weight is 422 g/mol. The van der Waals surface area contributed by atoms with E-state index in [9.17, 15) is 13.2 Å². The Morgan fingerprint density at radius 1 is 1.00 bits per heavy atom. The lowest BCUT2D eigenvalue weighted by molar-refractivity contribution is 0.0725. The molecular weight excluding hydrogens is 402 g/mol. The number of hydrogen-bond donors (Lipinski definition) is 0. The van der Waals surface area contributed by atoms with Crippen LogP contribution in [0.4, 0.5) is 0 Å². The fourth-order valence-electron chi connectivity index (χ4n) is 3.12. The molecule has 132 valence electrons. The SMILES string of the molecule is O=C(c1ccc(Br)cc1)N1CCC(S(=O)(=O)Cc2ccccc2)CC1. The van der Waals surface area contributed by atoms with Crippen molar-refractivity contribution in [1.82, 2.24) is 4.90 Å². The van der Waals surface area contributed by atoms with Crippen LogP contribution in [0.1, 0.15) is 28.8 Å². The summed E-state index contributed by atoms with van der Waals surface area (Å²) in [7, 11) is -3.20. The molecule has 3 rings (SSSR count). The second-order valence-corrected chi connectivity index (χ2v) is 9.49. The number of carbonyl (C=O) groups is 1. The minimum Gasteiger partial charge on any atom is -0.339 e. The van der Waals surface area contributed by atoms with Crippen LogP contribution in [-0.2, 0) is 15.6 Å². The number of amides is 1. The zero-order valence-electron chi connectivity index (χ0n) is 13.8. The molecule has 0 spiro atoms. The highest BCUT2D eigenvalue weighted by molar-refractivity contribution is 9.10. The Kier molecular flexibility index (Phi) is 5.59. The van der Waals surface area contributed by atoms with Crippen LogP contribution in [0, 0.1) is 0 Å². The van der Waals surface area contributed by atoms with Crippen molar-refractivity contribution in [3.05, 3.63) is 70.2 Å². The molecule has 0 N–H and O–H groups in total. The largest absolute Gasteiger partial charge is 0.339 e. The summed E-state index contributed by atoms with van der Waals surface area (Å²) in [5.41, 5.74) is 1.45. The molecule has 1 heterocycles. The number of sulfone groups is 1. The molecule has 0 aromatic heterocycles. The Labute approximate surface area is 156 Å². The van der Waals surface area contributed by atoms with Crippen molar-refractivity contribution in [1.29, 1.82) is 0 Å². The molecule has 1 aliphatic heterocycles. The van der Waals surface area contributed by atoms with Crippen molar-refractivity contribution in [3.8, 4) is 0 Å². The Morgan fingerprint density at radius 2 is 1.60 bits per heavy atom. The van der Waals surface area contributed by atoms with Gasteiger partial charge in [-0.25, -0.2) is 8.42 Å². The molecule has 6 heteroatoms.